The van der Waals surface area contributed by atoms with Gasteiger partial charge < -0.3 is 19.6 Å². The summed E-state index contributed by atoms with van der Waals surface area (Å²) in [7, 11) is 17.6. The molecule has 0 aromatic rings. The van der Waals surface area contributed by atoms with Gasteiger partial charge in [0.05, 0.1) is 0 Å². The lowest BCUT2D eigenvalue weighted by Crippen LogP contribution is -2.11. The van der Waals surface area contributed by atoms with E-state index in [0.29, 0.717) is 0 Å². The molecule has 0 unspecified atom stereocenters. The molecule has 0 saturated carbocycles. The second kappa shape index (κ2) is 31.9. The number of nitrogens with zero attached hydrogens (tertiary/aromatic N) is 4. The van der Waals surface area contributed by atoms with Crippen molar-refractivity contribution in [2.45, 2.75) is 26.3 Å². The highest BCUT2D eigenvalue weighted by atomic mass is 28.1. The molecule has 0 rings (SSSR count). The molecule has 0 bridgehead atoms. The van der Waals surface area contributed by atoms with Crippen LogP contribution in [0.2, 0.25) is 6.04 Å². The van der Waals surface area contributed by atoms with E-state index in [2.05, 4.69) is 54.6 Å². The molecule has 0 saturated heterocycles. The number of hydrogen-bond acceptors (Lipinski definition) is 4. The van der Waals surface area contributed by atoms with Gasteiger partial charge in [-0.3, -0.25) is 0 Å². The van der Waals surface area contributed by atoms with Crippen molar-refractivity contribution in [1.82, 2.24) is 19.6 Å². The molecule has 0 aliphatic rings. The van der Waals surface area contributed by atoms with Crippen LogP contribution in [-0.2, 0) is 0 Å². The first kappa shape index (κ1) is 36.1. The molecule has 0 N–H and O–H groups in total. The van der Waals surface area contributed by atoms with E-state index in [4.69, 9.17) is 0 Å². The van der Waals surface area contributed by atoms with Crippen LogP contribution in [0.5, 0.6) is 0 Å². The molecular formula is C20H52N4Si2. The molecule has 0 radical (unpaired) electrons. The van der Waals surface area contributed by atoms with Crippen molar-refractivity contribution in [2.75, 3.05) is 69.5 Å². The maximum atomic E-state index is 3.56. The van der Waals surface area contributed by atoms with Gasteiger partial charge in [0.1, 0.15) is 0 Å². The van der Waals surface area contributed by atoms with Crippen molar-refractivity contribution in [3.63, 3.8) is 0 Å². The first-order valence-corrected chi connectivity index (χ1v) is 10.5. The lowest BCUT2D eigenvalue weighted by molar-refractivity contribution is 0.408. The van der Waals surface area contributed by atoms with Gasteiger partial charge in [0, 0.05) is 45.0 Å². The van der Waals surface area contributed by atoms with Gasteiger partial charge in [0.15, 0.2) is 0 Å². The Morgan fingerprint density at radius 3 is 1.35 bits per heavy atom. The topological polar surface area (TPSA) is 13.0 Å². The zero-order valence-corrected chi connectivity index (χ0v) is 21.2. The minimum absolute atomic E-state index is 0. The third kappa shape index (κ3) is 76.9. The van der Waals surface area contributed by atoms with Gasteiger partial charge in [0.2, 0.25) is 0 Å². The number of likely N-dealkylation sites (N-methyl/N-ethyl adjacent to an activating group) is 1. The number of hydrogen-bond donors (Lipinski definition) is 0. The van der Waals surface area contributed by atoms with E-state index in [1.54, 1.807) is 0 Å². The van der Waals surface area contributed by atoms with Crippen LogP contribution in [0.4, 0.5) is 0 Å². The molecule has 0 spiro atoms. The quantitative estimate of drug-likeness (QED) is 0.466. The third-order valence-corrected chi connectivity index (χ3v) is 2.72. The van der Waals surface area contributed by atoms with Crippen molar-refractivity contribution in [1.29, 1.82) is 0 Å². The molecule has 0 heterocycles. The van der Waals surface area contributed by atoms with Crippen molar-refractivity contribution in [3.8, 4) is 0 Å². The summed E-state index contributed by atoms with van der Waals surface area (Å²) in [4.78, 5) is 8.30. The Morgan fingerprint density at radius 2 is 1.31 bits per heavy atom. The summed E-state index contributed by atoms with van der Waals surface area (Å²) in [5, 5.41) is 0. The van der Waals surface area contributed by atoms with E-state index < -0.39 is 0 Å². The molecule has 0 aromatic carbocycles. The minimum Gasteiger partial charge on any atom is -0.384 e. The summed E-state index contributed by atoms with van der Waals surface area (Å²) >= 11 is 0. The van der Waals surface area contributed by atoms with E-state index >= 15 is 0 Å². The standard InChI is InChI=1S/C5H13NSi.C5H13N.2C5H11N.H4Si/c1-6(2)4-3-5-7;3*1-4-5-6(2)3;/h3-4H,5H2,1-2,7H3;4-5H2,1-3H3;4-5H,1-3H3;4H,1,5H2,2-3H3;1H4/b4-3+;;5-4+;;. The van der Waals surface area contributed by atoms with E-state index in [1.165, 1.54) is 29.3 Å². The maximum absolute atomic E-state index is 3.56. The summed E-state index contributed by atoms with van der Waals surface area (Å²) < 4.78 is 0. The van der Waals surface area contributed by atoms with Gasteiger partial charge in [-0.1, -0.05) is 25.2 Å². The molecule has 0 fully saturated rings. The van der Waals surface area contributed by atoms with Gasteiger partial charge in [-0.25, -0.2) is 0 Å². The Bertz CT molecular complexity index is 290. The zero-order chi connectivity index (χ0) is 20.7. The second-order valence-corrected chi connectivity index (χ2v) is 7.37. The van der Waals surface area contributed by atoms with Gasteiger partial charge in [-0.2, -0.15) is 0 Å². The predicted molar refractivity (Wildman–Crippen MR) is 135 cm³/mol. The summed E-state index contributed by atoms with van der Waals surface area (Å²) in [5.41, 5.74) is 0. The fourth-order valence-electron chi connectivity index (χ4n) is 1.32. The highest BCUT2D eigenvalue weighted by Crippen LogP contribution is 1.78. The maximum Gasteiger partial charge on any atom is 0.0154 e. The molecule has 0 aliphatic heterocycles. The fraction of sp³-hybridized carbons (Fsp3) is 0.700. The Labute approximate surface area is 174 Å². The number of rotatable bonds is 7. The summed E-state index contributed by atoms with van der Waals surface area (Å²) in [6, 6.07) is 1.26. The van der Waals surface area contributed by atoms with Gasteiger partial charge in [0.25, 0.3) is 0 Å². The molecule has 0 aliphatic carbocycles. The van der Waals surface area contributed by atoms with E-state index in [1.807, 2.05) is 72.5 Å². The summed E-state index contributed by atoms with van der Waals surface area (Å²) in [6.45, 7) is 9.92. The predicted octanol–water partition coefficient (Wildman–Crippen LogP) is 1.17. The van der Waals surface area contributed by atoms with Crippen LogP contribution < -0.4 is 0 Å². The Balaban J connectivity index is -0.0000000746. The molecule has 0 amide bonds. The normalized spacial score (nSPS) is 9.54. The smallest absolute Gasteiger partial charge is 0.0154 e. The molecule has 160 valence electrons. The van der Waals surface area contributed by atoms with Gasteiger partial charge in [-0.05, 0) is 77.5 Å². The van der Waals surface area contributed by atoms with Crippen LogP contribution in [-0.4, -0.2) is 110 Å². The Hall–Kier alpha value is -0.826. The fourth-order valence-corrected chi connectivity index (χ4v) is 1.53. The first-order chi connectivity index (χ1) is 11.6. The van der Waals surface area contributed by atoms with Crippen molar-refractivity contribution >= 4 is 21.2 Å². The van der Waals surface area contributed by atoms with Crippen molar-refractivity contribution in [2.24, 2.45) is 0 Å². The molecule has 4 nitrogen and oxygen atoms in total. The monoisotopic (exact) mass is 404 g/mol. The zero-order valence-electron chi connectivity index (χ0n) is 19.2. The van der Waals surface area contributed by atoms with Crippen LogP contribution in [0, 0.1) is 0 Å². The Morgan fingerprint density at radius 1 is 0.846 bits per heavy atom. The van der Waals surface area contributed by atoms with Gasteiger partial charge in [-0.15, -0.1) is 6.58 Å². The SMILES string of the molecule is C/C=C/N(C)C.C=CCN(C)C.CCCN(C)C.CN(C)/C=C/C[SiH3].[SiH4]. The van der Waals surface area contributed by atoms with Gasteiger partial charge >= 0.3 is 0 Å². The number of allylic oxidation sites excluding steroid dienone is 2. The van der Waals surface area contributed by atoms with E-state index in [9.17, 15) is 0 Å². The van der Waals surface area contributed by atoms with Crippen LogP contribution in [0.25, 0.3) is 0 Å². The summed E-state index contributed by atoms with van der Waals surface area (Å²) in [5.74, 6) is 0. The highest BCUT2D eigenvalue weighted by Gasteiger charge is 1.79. The van der Waals surface area contributed by atoms with Crippen LogP contribution in [0.3, 0.4) is 0 Å². The lowest BCUT2D eigenvalue weighted by atomic mass is 10.5. The van der Waals surface area contributed by atoms with Crippen molar-refractivity contribution < 1.29 is 0 Å². The van der Waals surface area contributed by atoms with Crippen molar-refractivity contribution in [3.05, 3.63) is 37.2 Å². The minimum atomic E-state index is 0. The van der Waals surface area contributed by atoms with Crippen LogP contribution >= 0.6 is 0 Å². The molecular weight excluding hydrogens is 352 g/mol. The highest BCUT2D eigenvalue weighted by molar-refractivity contribution is 6.09. The molecule has 0 aromatic heterocycles. The lowest BCUT2D eigenvalue weighted by Gasteiger charge is -2.03. The van der Waals surface area contributed by atoms with Crippen LogP contribution in [0.1, 0.15) is 20.3 Å². The van der Waals surface area contributed by atoms with E-state index in [-0.39, 0.29) is 11.0 Å². The average molecular weight is 405 g/mol. The summed E-state index contributed by atoms with van der Waals surface area (Å²) in [6.07, 6.45) is 11.4. The molecule has 6 heteroatoms. The van der Waals surface area contributed by atoms with E-state index in [0.717, 1.165) is 6.54 Å². The second-order valence-electron chi connectivity index (χ2n) is 6.56. The molecule has 0 atom stereocenters. The third-order valence-electron chi connectivity index (χ3n) is 2.25. The first-order valence-electron chi connectivity index (χ1n) is 9.11. The van der Waals surface area contributed by atoms with Crippen LogP contribution in [0.15, 0.2) is 37.2 Å². The largest absolute Gasteiger partial charge is 0.384 e. The Kier molecular flexibility index (Phi) is 44.3. The molecule has 26 heavy (non-hydrogen) atoms. The average Bonchev–Trinajstić information content (AvgIpc) is 2.46.